The van der Waals surface area contributed by atoms with Crippen molar-refractivity contribution >= 4 is 0 Å². The number of hydrogen-bond acceptors (Lipinski definition) is 2. The van der Waals surface area contributed by atoms with E-state index in [0.29, 0.717) is 0 Å². The third-order valence-electron chi connectivity index (χ3n) is 2.21. The number of H-pyrrole nitrogens is 1. The molecule has 2 aromatic rings. The van der Waals surface area contributed by atoms with Gasteiger partial charge in [0.15, 0.2) is 0 Å². The largest absolute Gasteiger partial charge is 0.348 e. The molecule has 0 aliphatic heterocycles. The predicted molar refractivity (Wildman–Crippen MR) is 59.8 cm³/mol. The van der Waals surface area contributed by atoms with Crippen LogP contribution in [0, 0.1) is 0 Å². The average molecular weight is 219 g/mol. The third-order valence-corrected chi connectivity index (χ3v) is 2.21. The molecule has 0 aromatic carbocycles. The number of nitrogens with zero attached hydrogens (tertiary/aromatic N) is 2. The Morgan fingerprint density at radius 3 is 2.44 bits per heavy atom. The zero-order chi connectivity index (χ0) is 11.2. The van der Waals surface area contributed by atoms with Gasteiger partial charge in [0.1, 0.15) is 6.17 Å². The van der Waals surface area contributed by atoms with E-state index in [1.165, 1.54) is 5.56 Å². The summed E-state index contributed by atoms with van der Waals surface area (Å²) in [6.07, 6.45) is 9.23. The second-order valence-electron chi connectivity index (χ2n) is 3.78. The van der Waals surface area contributed by atoms with E-state index in [1.54, 1.807) is 18.7 Å². The minimum atomic E-state index is -0.417. The molecule has 0 bridgehead atoms. The van der Waals surface area contributed by atoms with Crippen molar-refractivity contribution in [2.45, 2.75) is 25.4 Å². The monoisotopic (exact) mass is 219 g/mol. The number of halogens is 1. The molecule has 16 heavy (non-hydrogen) atoms. The van der Waals surface area contributed by atoms with Gasteiger partial charge in [0.2, 0.25) is 0 Å². The Kier molecular flexibility index (Phi) is 3.64. The highest BCUT2D eigenvalue weighted by atomic mass is 19.1. The van der Waals surface area contributed by atoms with Crippen molar-refractivity contribution in [2.75, 3.05) is 0 Å². The number of nitrogens with one attached hydrogen (secondary N) is 1. The van der Waals surface area contributed by atoms with Crippen LogP contribution in [0.4, 0.5) is 4.39 Å². The SMILES string of the molecule is FC1CC1.c1cc(Cc2cnc[nH]2)ccn1. The van der Waals surface area contributed by atoms with E-state index >= 15 is 0 Å². The summed E-state index contributed by atoms with van der Waals surface area (Å²) in [7, 11) is 0. The number of alkyl halides is 1. The topological polar surface area (TPSA) is 41.6 Å². The lowest BCUT2D eigenvalue weighted by molar-refractivity contribution is 0.480. The summed E-state index contributed by atoms with van der Waals surface area (Å²) in [5.41, 5.74) is 2.37. The highest BCUT2D eigenvalue weighted by Crippen LogP contribution is 2.22. The molecule has 1 N–H and O–H groups in total. The molecule has 0 saturated heterocycles. The molecule has 0 unspecified atom stereocenters. The molecule has 1 aliphatic carbocycles. The van der Waals surface area contributed by atoms with Crippen molar-refractivity contribution in [1.29, 1.82) is 0 Å². The van der Waals surface area contributed by atoms with Crippen molar-refractivity contribution in [3.05, 3.63) is 48.3 Å². The molecular formula is C12H14FN3. The number of aromatic nitrogens is 3. The second kappa shape index (κ2) is 5.39. The van der Waals surface area contributed by atoms with Crippen LogP contribution in [0.25, 0.3) is 0 Å². The number of aromatic amines is 1. The van der Waals surface area contributed by atoms with Crippen LogP contribution in [0.5, 0.6) is 0 Å². The molecule has 3 nitrogen and oxygen atoms in total. The van der Waals surface area contributed by atoms with Crippen molar-refractivity contribution in [1.82, 2.24) is 15.0 Å². The van der Waals surface area contributed by atoms with Crippen molar-refractivity contribution in [3.63, 3.8) is 0 Å². The maximum atomic E-state index is 11.1. The maximum absolute atomic E-state index is 11.1. The van der Waals surface area contributed by atoms with Gasteiger partial charge in [-0.05, 0) is 30.5 Å². The summed E-state index contributed by atoms with van der Waals surface area (Å²) >= 11 is 0. The van der Waals surface area contributed by atoms with E-state index in [1.807, 2.05) is 18.3 Å². The van der Waals surface area contributed by atoms with E-state index in [-0.39, 0.29) is 0 Å². The highest BCUT2D eigenvalue weighted by Gasteiger charge is 2.18. The minimum Gasteiger partial charge on any atom is -0.348 e. The normalized spacial score (nSPS) is 14.1. The Hall–Kier alpha value is -1.71. The zero-order valence-electron chi connectivity index (χ0n) is 8.94. The first kappa shape index (κ1) is 10.8. The van der Waals surface area contributed by atoms with Gasteiger partial charge in [-0.2, -0.15) is 0 Å². The summed E-state index contributed by atoms with van der Waals surface area (Å²) in [6.45, 7) is 0. The van der Waals surface area contributed by atoms with Gasteiger partial charge in [0, 0.05) is 30.7 Å². The van der Waals surface area contributed by atoms with Gasteiger partial charge in [-0.15, -0.1) is 0 Å². The third kappa shape index (κ3) is 3.81. The average Bonchev–Trinajstić information content (AvgIpc) is 2.93. The predicted octanol–water partition coefficient (Wildman–Crippen LogP) is 2.51. The van der Waals surface area contributed by atoms with E-state index in [0.717, 1.165) is 25.0 Å². The summed E-state index contributed by atoms with van der Waals surface area (Å²) in [6, 6.07) is 4.00. The standard InChI is InChI=1S/C9H9N3.C3H5F/c1-3-10-4-2-8(1)5-9-6-11-7-12-9;4-3-1-2-3/h1-4,6-7H,5H2,(H,11,12);3H,1-2H2. The Balaban J connectivity index is 0.000000203. The van der Waals surface area contributed by atoms with Crippen molar-refractivity contribution < 1.29 is 4.39 Å². The Labute approximate surface area is 93.8 Å². The number of imidazole rings is 1. The molecule has 84 valence electrons. The van der Waals surface area contributed by atoms with Crippen LogP contribution < -0.4 is 0 Å². The minimum absolute atomic E-state index is 0.417. The molecule has 2 heterocycles. The van der Waals surface area contributed by atoms with Crippen LogP contribution in [0.1, 0.15) is 24.1 Å². The first-order chi connectivity index (χ1) is 7.84. The van der Waals surface area contributed by atoms with Crippen LogP contribution in [-0.2, 0) is 6.42 Å². The lowest BCUT2D eigenvalue weighted by Crippen LogP contribution is -1.87. The van der Waals surface area contributed by atoms with Gasteiger partial charge in [0.25, 0.3) is 0 Å². The van der Waals surface area contributed by atoms with Crippen molar-refractivity contribution in [3.8, 4) is 0 Å². The Morgan fingerprint density at radius 1 is 1.25 bits per heavy atom. The van der Waals surface area contributed by atoms with Gasteiger partial charge in [-0.25, -0.2) is 9.37 Å². The molecule has 3 rings (SSSR count). The molecule has 2 aromatic heterocycles. The van der Waals surface area contributed by atoms with E-state index in [2.05, 4.69) is 15.0 Å². The van der Waals surface area contributed by atoms with Crippen LogP contribution in [0.2, 0.25) is 0 Å². The molecule has 0 amide bonds. The summed E-state index contributed by atoms with van der Waals surface area (Å²) in [4.78, 5) is 11.0. The molecule has 4 heteroatoms. The van der Waals surface area contributed by atoms with Crippen LogP contribution in [0.15, 0.2) is 37.1 Å². The highest BCUT2D eigenvalue weighted by molar-refractivity contribution is 5.16. The molecule has 0 radical (unpaired) electrons. The van der Waals surface area contributed by atoms with Gasteiger partial charge in [-0.3, -0.25) is 4.98 Å². The fourth-order valence-corrected chi connectivity index (χ4v) is 1.16. The van der Waals surface area contributed by atoms with Gasteiger partial charge in [0.05, 0.1) is 6.33 Å². The van der Waals surface area contributed by atoms with Gasteiger partial charge < -0.3 is 4.98 Å². The summed E-state index contributed by atoms with van der Waals surface area (Å²) in [5.74, 6) is 0. The molecule has 0 atom stereocenters. The lowest BCUT2D eigenvalue weighted by atomic mass is 10.2. The molecule has 1 aliphatic rings. The van der Waals surface area contributed by atoms with E-state index in [4.69, 9.17) is 0 Å². The number of rotatable bonds is 2. The van der Waals surface area contributed by atoms with Crippen LogP contribution in [-0.4, -0.2) is 21.1 Å². The zero-order valence-corrected chi connectivity index (χ0v) is 8.94. The number of hydrogen-bond donors (Lipinski definition) is 1. The fraction of sp³-hybridized carbons (Fsp3) is 0.333. The van der Waals surface area contributed by atoms with Gasteiger partial charge in [-0.1, -0.05) is 0 Å². The van der Waals surface area contributed by atoms with E-state index < -0.39 is 6.17 Å². The number of pyridine rings is 1. The Bertz CT molecular complexity index is 395. The van der Waals surface area contributed by atoms with Crippen molar-refractivity contribution in [2.24, 2.45) is 0 Å². The summed E-state index contributed by atoms with van der Waals surface area (Å²) in [5, 5.41) is 0. The Morgan fingerprint density at radius 2 is 1.94 bits per heavy atom. The van der Waals surface area contributed by atoms with E-state index in [9.17, 15) is 4.39 Å². The maximum Gasteiger partial charge on any atom is 0.100 e. The quantitative estimate of drug-likeness (QED) is 0.843. The van der Waals surface area contributed by atoms with Crippen LogP contribution >= 0.6 is 0 Å². The van der Waals surface area contributed by atoms with Gasteiger partial charge >= 0.3 is 0 Å². The molecular weight excluding hydrogens is 205 g/mol. The van der Waals surface area contributed by atoms with Crippen LogP contribution in [0.3, 0.4) is 0 Å². The molecule has 1 fully saturated rings. The first-order valence-corrected chi connectivity index (χ1v) is 5.35. The smallest absolute Gasteiger partial charge is 0.100 e. The molecule has 1 saturated carbocycles. The lowest BCUT2D eigenvalue weighted by Gasteiger charge is -1.95. The summed E-state index contributed by atoms with van der Waals surface area (Å²) < 4.78 is 11.1. The second-order valence-corrected chi connectivity index (χ2v) is 3.78. The molecule has 0 spiro atoms. The fourth-order valence-electron chi connectivity index (χ4n) is 1.16. The first-order valence-electron chi connectivity index (χ1n) is 5.35.